The average Bonchev–Trinajstić information content (AvgIpc) is 2.45. The molecule has 0 aromatic carbocycles. The van der Waals surface area contributed by atoms with Gasteiger partial charge in [-0.05, 0) is 45.6 Å². The van der Waals surface area contributed by atoms with Crippen LogP contribution in [0.1, 0.15) is 38.5 Å². The lowest BCUT2D eigenvalue weighted by atomic mass is 9.79. The molecular formula is C12H22N2O. The molecule has 3 aliphatic rings. The van der Waals surface area contributed by atoms with Crippen molar-refractivity contribution in [2.24, 2.45) is 5.73 Å². The SMILES string of the molecule is CN1[C@@H]2CC[C@@H]1CC1(C[C@@H](N)CCO1)C2. The zero-order chi connectivity index (χ0) is 10.5. The monoisotopic (exact) mass is 210 g/mol. The summed E-state index contributed by atoms with van der Waals surface area (Å²) in [6.07, 6.45) is 7.30. The molecule has 3 aliphatic heterocycles. The molecule has 0 saturated carbocycles. The highest BCUT2D eigenvalue weighted by Gasteiger charge is 2.49. The molecule has 0 amide bonds. The van der Waals surface area contributed by atoms with E-state index in [0.717, 1.165) is 31.5 Å². The lowest BCUT2D eigenvalue weighted by molar-refractivity contribution is -0.129. The molecule has 3 nitrogen and oxygen atoms in total. The van der Waals surface area contributed by atoms with Gasteiger partial charge < -0.3 is 15.4 Å². The van der Waals surface area contributed by atoms with Crippen molar-refractivity contribution in [3.63, 3.8) is 0 Å². The number of hydrogen-bond acceptors (Lipinski definition) is 3. The molecule has 3 fully saturated rings. The van der Waals surface area contributed by atoms with E-state index in [-0.39, 0.29) is 5.60 Å². The molecule has 3 saturated heterocycles. The van der Waals surface area contributed by atoms with Crippen LogP contribution >= 0.6 is 0 Å². The molecule has 86 valence electrons. The lowest BCUT2D eigenvalue weighted by Gasteiger charge is -2.48. The van der Waals surface area contributed by atoms with Gasteiger partial charge in [0.1, 0.15) is 0 Å². The minimum atomic E-state index is 0.149. The third-order valence-corrected chi connectivity index (χ3v) is 4.73. The molecule has 15 heavy (non-hydrogen) atoms. The van der Waals surface area contributed by atoms with E-state index in [1.165, 1.54) is 25.7 Å². The van der Waals surface area contributed by atoms with Crippen LogP contribution in [0.25, 0.3) is 0 Å². The molecule has 3 heterocycles. The van der Waals surface area contributed by atoms with Crippen LogP contribution in [0.2, 0.25) is 0 Å². The molecule has 2 N–H and O–H groups in total. The highest BCUT2D eigenvalue weighted by Crippen LogP contribution is 2.45. The van der Waals surface area contributed by atoms with Crippen molar-refractivity contribution in [1.29, 1.82) is 0 Å². The zero-order valence-electron chi connectivity index (χ0n) is 9.61. The molecule has 0 aliphatic carbocycles. The van der Waals surface area contributed by atoms with Gasteiger partial charge in [-0.3, -0.25) is 0 Å². The minimum Gasteiger partial charge on any atom is -0.375 e. The summed E-state index contributed by atoms with van der Waals surface area (Å²) in [5.74, 6) is 0. The van der Waals surface area contributed by atoms with Gasteiger partial charge in [-0.1, -0.05) is 0 Å². The predicted molar refractivity (Wildman–Crippen MR) is 59.7 cm³/mol. The van der Waals surface area contributed by atoms with Gasteiger partial charge in [-0.15, -0.1) is 0 Å². The molecule has 1 spiro atoms. The first-order valence-corrected chi connectivity index (χ1v) is 6.30. The molecule has 3 heteroatoms. The van der Waals surface area contributed by atoms with Crippen molar-refractivity contribution in [3.8, 4) is 0 Å². The number of piperidine rings is 1. The van der Waals surface area contributed by atoms with Gasteiger partial charge in [-0.25, -0.2) is 0 Å². The number of rotatable bonds is 0. The van der Waals surface area contributed by atoms with Crippen molar-refractivity contribution >= 4 is 0 Å². The molecular weight excluding hydrogens is 188 g/mol. The van der Waals surface area contributed by atoms with E-state index in [2.05, 4.69) is 11.9 Å². The summed E-state index contributed by atoms with van der Waals surface area (Å²) in [6, 6.07) is 1.89. The Morgan fingerprint density at radius 1 is 1.13 bits per heavy atom. The predicted octanol–water partition coefficient (Wildman–Crippen LogP) is 1.12. The second-order valence-corrected chi connectivity index (χ2v) is 5.74. The van der Waals surface area contributed by atoms with E-state index in [9.17, 15) is 0 Å². The smallest absolute Gasteiger partial charge is 0.0727 e. The quantitative estimate of drug-likeness (QED) is 0.651. The number of nitrogens with zero attached hydrogens (tertiary/aromatic N) is 1. The summed E-state index contributed by atoms with van der Waals surface area (Å²) in [6.45, 7) is 0.879. The third-order valence-electron chi connectivity index (χ3n) is 4.73. The van der Waals surface area contributed by atoms with Gasteiger partial charge in [0, 0.05) is 24.7 Å². The fourth-order valence-electron chi connectivity index (χ4n) is 3.87. The Balaban J connectivity index is 1.77. The summed E-state index contributed by atoms with van der Waals surface area (Å²) in [7, 11) is 2.28. The fourth-order valence-corrected chi connectivity index (χ4v) is 3.87. The van der Waals surface area contributed by atoms with Crippen molar-refractivity contribution in [3.05, 3.63) is 0 Å². The first-order chi connectivity index (χ1) is 7.19. The van der Waals surface area contributed by atoms with Gasteiger partial charge >= 0.3 is 0 Å². The molecule has 0 aromatic rings. The van der Waals surface area contributed by atoms with Crippen LogP contribution in [0.3, 0.4) is 0 Å². The van der Waals surface area contributed by atoms with Crippen LogP contribution in [-0.2, 0) is 4.74 Å². The van der Waals surface area contributed by atoms with Gasteiger partial charge in [0.15, 0.2) is 0 Å². The van der Waals surface area contributed by atoms with Crippen LogP contribution in [-0.4, -0.2) is 42.3 Å². The molecule has 0 aromatic heterocycles. The largest absolute Gasteiger partial charge is 0.375 e. The second-order valence-electron chi connectivity index (χ2n) is 5.74. The minimum absolute atomic E-state index is 0.149. The van der Waals surface area contributed by atoms with Crippen molar-refractivity contribution in [1.82, 2.24) is 4.90 Å². The number of ether oxygens (including phenoxy) is 1. The Labute approximate surface area is 91.9 Å². The van der Waals surface area contributed by atoms with Crippen LogP contribution in [0.5, 0.6) is 0 Å². The van der Waals surface area contributed by atoms with Crippen LogP contribution < -0.4 is 5.73 Å². The standard InChI is InChI=1S/C12H22N2O/c1-14-10-2-3-11(14)8-12(7-10)6-9(13)4-5-15-12/h9-11H,2-8,13H2,1H3/t9-,10+,11+/m0/s1. The zero-order valence-corrected chi connectivity index (χ0v) is 9.61. The lowest BCUT2D eigenvalue weighted by Crippen LogP contribution is -2.55. The number of fused-ring (bicyclic) bond motifs is 2. The summed E-state index contributed by atoms with van der Waals surface area (Å²) in [5.41, 5.74) is 6.24. The molecule has 0 unspecified atom stereocenters. The van der Waals surface area contributed by atoms with Crippen molar-refractivity contribution in [2.75, 3.05) is 13.7 Å². The number of nitrogens with two attached hydrogens (primary N) is 1. The third kappa shape index (κ3) is 1.61. The van der Waals surface area contributed by atoms with Crippen molar-refractivity contribution < 1.29 is 4.74 Å². The van der Waals surface area contributed by atoms with Crippen LogP contribution in [0.4, 0.5) is 0 Å². The Hall–Kier alpha value is -0.120. The number of hydrogen-bond donors (Lipinski definition) is 1. The Morgan fingerprint density at radius 3 is 2.40 bits per heavy atom. The maximum atomic E-state index is 6.10. The van der Waals surface area contributed by atoms with Gasteiger partial charge in [-0.2, -0.15) is 0 Å². The van der Waals surface area contributed by atoms with Gasteiger partial charge in [0.05, 0.1) is 5.60 Å². The topological polar surface area (TPSA) is 38.5 Å². The highest BCUT2D eigenvalue weighted by molar-refractivity contribution is 5.04. The second kappa shape index (κ2) is 3.44. The van der Waals surface area contributed by atoms with E-state index in [0.29, 0.717) is 6.04 Å². The normalized spacial score (nSPS) is 51.2. The van der Waals surface area contributed by atoms with Gasteiger partial charge in [0.2, 0.25) is 0 Å². The van der Waals surface area contributed by atoms with E-state index >= 15 is 0 Å². The fraction of sp³-hybridized carbons (Fsp3) is 1.00. The van der Waals surface area contributed by atoms with Crippen LogP contribution in [0.15, 0.2) is 0 Å². The summed E-state index contributed by atoms with van der Waals surface area (Å²) in [5, 5.41) is 0. The first-order valence-electron chi connectivity index (χ1n) is 6.30. The molecule has 3 rings (SSSR count). The summed E-state index contributed by atoms with van der Waals surface area (Å²) in [4.78, 5) is 2.56. The van der Waals surface area contributed by atoms with E-state index in [1.807, 2.05) is 0 Å². The van der Waals surface area contributed by atoms with E-state index in [1.54, 1.807) is 0 Å². The van der Waals surface area contributed by atoms with E-state index < -0.39 is 0 Å². The first kappa shape index (κ1) is 10.1. The Kier molecular flexibility index (Phi) is 2.31. The van der Waals surface area contributed by atoms with Gasteiger partial charge in [0.25, 0.3) is 0 Å². The van der Waals surface area contributed by atoms with E-state index in [4.69, 9.17) is 10.5 Å². The average molecular weight is 210 g/mol. The molecule has 0 radical (unpaired) electrons. The summed E-state index contributed by atoms with van der Waals surface area (Å²) >= 11 is 0. The van der Waals surface area contributed by atoms with Crippen molar-refractivity contribution in [2.45, 2.75) is 62.3 Å². The van der Waals surface area contributed by atoms with Crippen LogP contribution in [0, 0.1) is 0 Å². The Morgan fingerprint density at radius 2 is 1.80 bits per heavy atom. The molecule has 3 atom stereocenters. The molecule has 2 bridgehead atoms. The Bertz CT molecular complexity index is 242. The summed E-state index contributed by atoms with van der Waals surface area (Å²) < 4.78 is 6.10. The maximum Gasteiger partial charge on any atom is 0.0727 e. The maximum absolute atomic E-state index is 6.10. The highest BCUT2D eigenvalue weighted by atomic mass is 16.5.